The van der Waals surface area contributed by atoms with Crippen LogP contribution in [0.5, 0.6) is 5.75 Å². The van der Waals surface area contributed by atoms with Gasteiger partial charge in [-0.25, -0.2) is 0 Å². The highest BCUT2D eigenvalue weighted by atomic mass is 127. The van der Waals surface area contributed by atoms with E-state index in [0.29, 0.717) is 26.3 Å². The number of benzene rings is 1. The van der Waals surface area contributed by atoms with Crippen LogP contribution in [0.4, 0.5) is 0 Å². The van der Waals surface area contributed by atoms with Crippen molar-refractivity contribution in [3.63, 3.8) is 0 Å². The molecule has 23 heavy (non-hydrogen) atoms. The van der Waals surface area contributed by atoms with Crippen LogP contribution in [-0.4, -0.2) is 45.4 Å². The zero-order chi connectivity index (χ0) is 15.5. The Morgan fingerprint density at radius 3 is 2.65 bits per heavy atom. The molecule has 5 nitrogen and oxygen atoms in total. The maximum Gasteiger partial charge on any atom is 0.191 e. The summed E-state index contributed by atoms with van der Waals surface area (Å²) in [5, 5.41) is 6.48. The van der Waals surface area contributed by atoms with Crippen molar-refractivity contribution in [1.29, 1.82) is 0 Å². The second-order valence-corrected chi connectivity index (χ2v) is 5.37. The molecule has 130 valence electrons. The molecule has 0 aromatic heterocycles. The van der Waals surface area contributed by atoms with Gasteiger partial charge in [0.2, 0.25) is 0 Å². The zero-order valence-electron chi connectivity index (χ0n) is 13.8. The van der Waals surface area contributed by atoms with Gasteiger partial charge in [0, 0.05) is 13.2 Å². The normalized spacial score (nSPS) is 14.0. The second kappa shape index (κ2) is 12.4. The Bertz CT molecular complexity index is 439. The Morgan fingerprint density at radius 1 is 1.17 bits per heavy atom. The number of halogens is 1. The van der Waals surface area contributed by atoms with Crippen molar-refractivity contribution in [3.05, 3.63) is 30.3 Å². The molecule has 1 fully saturated rings. The van der Waals surface area contributed by atoms with Crippen LogP contribution < -0.4 is 15.4 Å². The molecule has 0 unspecified atom stereocenters. The van der Waals surface area contributed by atoms with E-state index in [4.69, 9.17) is 9.47 Å². The van der Waals surface area contributed by atoms with Gasteiger partial charge in [-0.2, -0.15) is 0 Å². The highest BCUT2D eigenvalue weighted by Gasteiger charge is 2.20. The van der Waals surface area contributed by atoms with Crippen LogP contribution in [0.2, 0.25) is 0 Å². The first-order valence-electron chi connectivity index (χ1n) is 8.16. The standard InChI is InChI=1S/C17H27N3O2.HI/c1-2-18-17(19-10-12-21-14-15-8-9-15)20-11-13-22-16-6-4-3-5-7-16;/h3-7,15H,2,8-14H2,1H3,(H2,18,19,20);1H. The van der Waals surface area contributed by atoms with Gasteiger partial charge in [0.15, 0.2) is 5.96 Å². The van der Waals surface area contributed by atoms with Crippen molar-refractivity contribution in [2.45, 2.75) is 19.8 Å². The minimum atomic E-state index is 0. The fraction of sp³-hybridized carbons (Fsp3) is 0.588. The number of para-hydroxylation sites is 1. The van der Waals surface area contributed by atoms with Crippen molar-refractivity contribution < 1.29 is 9.47 Å². The van der Waals surface area contributed by atoms with E-state index in [9.17, 15) is 0 Å². The van der Waals surface area contributed by atoms with E-state index in [2.05, 4.69) is 22.5 Å². The molecular formula is C17H28IN3O2. The summed E-state index contributed by atoms with van der Waals surface area (Å²) in [4.78, 5) is 4.49. The third-order valence-electron chi connectivity index (χ3n) is 3.31. The van der Waals surface area contributed by atoms with E-state index >= 15 is 0 Å². The highest BCUT2D eigenvalue weighted by Crippen LogP contribution is 2.28. The topological polar surface area (TPSA) is 54.9 Å². The highest BCUT2D eigenvalue weighted by molar-refractivity contribution is 14.0. The van der Waals surface area contributed by atoms with Crippen molar-refractivity contribution in [2.75, 3.05) is 39.5 Å². The number of hydrogen-bond acceptors (Lipinski definition) is 3. The maximum absolute atomic E-state index is 5.64. The minimum Gasteiger partial charge on any atom is -0.492 e. The van der Waals surface area contributed by atoms with Crippen molar-refractivity contribution in [1.82, 2.24) is 10.6 Å². The predicted octanol–water partition coefficient (Wildman–Crippen LogP) is 2.67. The summed E-state index contributed by atoms with van der Waals surface area (Å²) >= 11 is 0. The number of hydrogen-bond donors (Lipinski definition) is 2. The summed E-state index contributed by atoms with van der Waals surface area (Å²) in [5.74, 6) is 2.51. The van der Waals surface area contributed by atoms with Gasteiger partial charge in [0.25, 0.3) is 0 Å². The molecule has 0 heterocycles. The Hall–Kier alpha value is -1.02. The molecule has 0 bridgehead atoms. The summed E-state index contributed by atoms with van der Waals surface area (Å²) in [7, 11) is 0. The molecule has 2 rings (SSSR count). The van der Waals surface area contributed by atoms with E-state index in [1.165, 1.54) is 12.8 Å². The quantitative estimate of drug-likeness (QED) is 0.258. The Labute approximate surface area is 156 Å². The molecule has 0 saturated heterocycles. The molecule has 1 aliphatic carbocycles. The van der Waals surface area contributed by atoms with Gasteiger partial charge in [-0.3, -0.25) is 4.99 Å². The molecule has 1 aromatic carbocycles. The van der Waals surface area contributed by atoms with E-state index < -0.39 is 0 Å². The number of rotatable bonds is 10. The van der Waals surface area contributed by atoms with Crippen molar-refractivity contribution >= 4 is 29.9 Å². The third-order valence-corrected chi connectivity index (χ3v) is 3.31. The first-order valence-corrected chi connectivity index (χ1v) is 8.16. The first kappa shape index (κ1) is 20.0. The Kier molecular flexibility index (Phi) is 10.8. The number of guanidine groups is 1. The van der Waals surface area contributed by atoms with Gasteiger partial charge >= 0.3 is 0 Å². The van der Waals surface area contributed by atoms with E-state index in [0.717, 1.165) is 30.8 Å². The van der Waals surface area contributed by atoms with Gasteiger partial charge < -0.3 is 20.1 Å². The molecule has 1 aliphatic rings. The van der Waals surface area contributed by atoms with E-state index in [-0.39, 0.29) is 24.0 Å². The van der Waals surface area contributed by atoms with Crippen LogP contribution in [0.15, 0.2) is 35.3 Å². The van der Waals surface area contributed by atoms with Crippen LogP contribution in [0, 0.1) is 5.92 Å². The average molecular weight is 433 g/mol. The summed E-state index contributed by atoms with van der Waals surface area (Å²) < 4.78 is 11.2. The van der Waals surface area contributed by atoms with Crippen molar-refractivity contribution in [3.8, 4) is 5.75 Å². The zero-order valence-corrected chi connectivity index (χ0v) is 16.1. The number of nitrogens with zero attached hydrogens (tertiary/aromatic N) is 1. The molecule has 0 aliphatic heterocycles. The summed E-state index contributed by atoms with van der Waals surface area (Å²) in [5.41, 5.74) is 0. The fourth-order valence-electron chi connectivity index (χ4n) is 1.95. The van der Waals surface area contributed by atoms with E-state index in [1.54, 1.807) is 0 Å². The molecule has 1 aromatic rings. The number of ether oxygens (including phenoxy) is 2. The Morgan fingerprint density at radius 2 is 1.96 bits per heavy atom. The maximum atomic E-state index is 5.64. The average Bonchev–Trinajstić information content (AvgIpc) is 3.36. The smallest absolute Gasteiger partial charge is 0.191 e. The Balaban J connectivity index is 0.00000264. The summed E-state index contributed by atoms with van der Waals surface area (Å²) in [6.45, 7) is 6.48. The number of aliphatic imine (C=N–C) groups is 1. The van der Waals surface area contributed by atoms with Gasteiger partial charge in [-0.15, -0.1) is 24.0 Å². The van der Waals surface area contributed by atoms with Gasteiger partial charge in [-0.1, -0.05) is 18.2 Å². The second-order valence-electron chi connectivity index (χ2n) is 5.37. The van der Waals surface area contributed by atoms with Gasteiger partial charge in [0.05, 0.1) is 19.7 Å². The van der Waals surface area contributed by atoms with Gasteiger partial charge in [-0.05, 0) is 37.8 Å². The minimum absolute atomic E-state index is 0. The van der Waals surface area contributed by atoms with Gasteiger partial charge in [0.1, 0.15) is 12.4 Å². The van der Waals surface area contributed by atoms with Crippen LogP contribution in [0.3, 0.4) is 0 Å². The molecular weight excluding hydrogens is 405 g/mol. The molecule has 0 spiro atoms. The lowest BCUT2D eigenvalue weighted by Crippen LogP contribution is -2.39. The molecule has 1 saturated carbocycles. The number of nitrogens with one attached hydrogen (secondary N) is 2. The third kappa shape index (κ3) is 9.65. The molecule has 0 atom stereocenters. The summed E-state index contributed by atoms with van der Waals surface area (Å²) in [6.07, 6.45) is 2.66. The van der Waals surface area contributed by atoms with Crippen LogP contribution in [0.25, 0.3) is 0 Å². The lowest BCUT2D eigenvalue weighted by Gasteiger charge is -2.12. The molecule has 6 heteroatoms. The molecule has 2 N–H and O–H groups in total. The lowest BCUT2D eigenvalue weighted by molar-refractivity contribution is 0.131. The summed E-state index contributed by atoms with van der Waals surface area (Å²) in [6, 6.07) is 9.82. The molecule has 0 amide bonds. The lowest BCUT2D eigenvalue weighted by atomic mass is 10.3. The first-order chi connectivity index (χ1) is 10.9. The predicted molar refractivity (Wildman–Crippen MR) is 105 cm³/mol. The van der Waals surface area contributed by atoms with Crippen molar-refractivity contribution in [2.24, 2.45) is 10.9 Å². The van der Waals surface area contributed by atoms with E-state index in [1.807, 2.05) is 30.3 Å². The monoisotopic (exact) mass is 433 g/mol. The SMILES string of the molecule is CCNC(=NCCOCC1CC1)NCCOc1ccccc1.I. The largest absolute Gasteiger partial charge is 0.492 e. The van der Waals surface area contributed by atoms with Crippen LogP contribution >= 0.6 is 24.0 Å². The van der Waals surface area contributed by atoms with Crippen LogP contribution in [-0.2, 0) is 4.74 Å². The fourth-order valence-corrected chi connectivity index (χ4v) is 1.95. The molecule has 0 radical (unpaired) electrons. The van der Waals surface area contributed by atoms with Crippen LogP contribution in [0.1, 0.15) is 19.8 Å².